The molecule has 0 bridgehead atoms. The fraction of sp³-hybridized carbons (Fsp3) is 0.300. The minimum absolute atomic E-state index is 0.0158. The van der Waals surface area contributed by atoms with Crippen molar-refractivity contribution in [3.8, 4) is 11.1 Å². The van der Waals surface area contributed by atoms with Crippen molar-refractivity contribution in [3.05, 3.63) is 105 Å². The maximum absolute atomic E-state index is 17.8. The van der Waals surface area contributed by atoms with Crippen LogP contribution < -0.4 is 0 Å². The number of benzene rings is 2. The summed E-state index contributed by atoms with van der Waals surface area (Å²) in [6.07, 6.45) is 2.32. The number of aromatic nitrogens is 3. The zero-order valence-electron chi connectivity index (χ0n) is 22.1. The Hall–Kier alpha value is -3.34. The molecular formula is C30H27Cl2FN4O4. The summed E-state index contributed by atoms with van der Waals surface area (Å²) in [5.74, 6) is -3.56. The lowest BCUT2D eigenvalue weighted by molar-refractivity contribution is -0.269. The van der Waals surface area contributed by atoms with Crippen LogP contribution >= 0.6 is 23.2 Å². The highest BCUT2D eigenvalue weighted by Crippen LogP contribution is 2.49. The Morgan fingerprint density at radius 1 is 1.02 bits per heavy atom. The minimum Gasteiger partial charge on any atom is -0.387 e. The molecule has 0 radical (unpaired) electrons. The van der Waals surface area contributed by atoms with E-state index in [1.807, 2.05) is 0 Å². The van der Waals surface area contributed by atoms with Crippen LogP contribution in [0.25, 0.3) is 11.1 Å². The first-order chi connectivity index (χ1) is 19.6. The summed E-state index contributed by atoms with van der Waals surface area (Å²) in [5, 5.41) is 27.9. The van der Waals surface area contributed by atoms with E-state index in [9.17, 15) is 15.0 Å². The second-order valence-electron chi connectivity index (χ2n) is 10.6. The van der Waals surface area contributed by atoms with Crippen molar-refractivity contribution in [2.75, 3.05) is 6.61 Å². The SMILES string of the molecule is Cn1ccc(CC(O)[C@]2(F)c3c(ccc(-c4ccc(Cl)cc4)c3Cc3ccc(Cl)cn3)C(=O)N2OCC2(O)CC2)n1. The van der Waals surface area contributed by atoms with Crippen LogP contribution in [0.15, 0.2) is 67.0 Å². The number of fused-ring (bicyclic) bond motifs is 1. The van der Waals surface area contributed by atoms with Crippen LogP contribution in [0, 0.1) is 0 Å². The van der Waals surface area contributed by atoms with Crippen LogP contribution in [0.2, 0.25) is 10.0 Å². The highest BCUT2D eigenvalue weighted by Gasteiger charge is 2.59. The summed E-state index contributed by atoms with van der Waals surface area (Å²) in [7, 11) is 1.72. The van der Waals surface area contributed by atoms with Crippen LogP contribution in [-0.2, 0) is 30.5 Å². The van der Waals surface area contributed by atoms with Gasteiger partial charge in [-0.25, -0.2) is 4.39 Å². The molecule has 1 amide bonds. The number of halogens is 3. The first kappa shape index (κ1) is 27.8. The molecule has 0 saturated heterocycles. The summed E-state index contributed by atoms with van der Waals surface area (Å²) in [5.41, 5.74) is 1.75. The molecule has 4 aromatic rings. The van der Waals surface area contributed by atoms with Crippen LogP contribution in [0.3, 0.4) is 0 Å². The predicted molar refractivity (Wildman–Crippen MR) is 151 cm³/mol. The van der Waals surface area contributed by atoms with Gasteiger partial charge >= 0.3 is 0 Å². The second-order valence-corrected chi connectivity index (χ2v) is 11.5. The summed E-state index contributed by atoms with van der Waals surface area (Å²) in [6, 6.07) is 15.4. The van der Waals surface area contributed by atoms with Crippen molar-refractivity contribution >= 4 is 29.1 Å². The minimum atomic E-state index is -2.81. The van der Waals surface area contributed by atoms with Crippen LogP contribution in [0.5, 0.6) is 0 Å². The molecular weight excluding hydrogens is 570 g/mol. The fourth-order valence-electron chi connectivity index (χ4n) is 5.19. The Morgan fingerprint density at radius 2 is 1.73 bits per heavy atom. The van der Waals surface area contributed by atoms with E-state index in [0.717, 1.165) is 5.56 Å². The number of aryl methyl sites for hydroxylation is 1. The van der Waals surface area contributed by atoms with Gasteiger partial charge in [-0.1, -0.05) is 41.4 Å². The van der Waals surface area contributed by atoms with Gasteiger partial charge in [0.15, 0.2) is 0 Å². The molecule has 3 heterocycles. The van der Waals surface area contributed by atoms with E-state index in [1.165, 1.54) is 12.3 Å². The zero-order chi connectivity index (χ0) is 28.9. The number of carbonyl (C=O) groups excluding carboxylic acids is 1. The maximum atomic E-state index is 17.8. The molecule has 2 N–H and O–H groups in total. The molecule has 1 unspecified atom stereocenters. The number of pyridine rings is 1. The summed E-state index contributed by atoms with van der Waals surface area (Å²) < 4.78 is 19.4. The van der Waals surface area contributed by atoms with E-state index >= 15 is 4.39 Å². The van der Waals surface area contributed by atoms with Gasteiger partial charge in [0.2, 0.25) is 0 Å². The lowest BCUT2D eigenvalue weighted by Crippen LogP contribution is -2.51. The number of hydrogen-bond acceptors (Lipinski definition) is 6. The smallest absolute Gasteiger partial charge is 0.281 e. The van der Waals surface area contributed by atoms with Gasteiger partial charge in [0.1, 0.15) is 12.7 Å². The van der Waals surface area contributed by atoms with E-state index in [0.29, 0.717) is 50.5 Å². The van der Waals surface area contributed by atoms with Gasteiger partial charge in [-0.15, -0.1) is 0 Å². The Bertz CT molecular complexity index is 1610. The maximum Gasteiger partial charge on any atom is 0.281 e. The van der Waals surface area contributed by atoms with Gasteiger partial charge in [0.25, 0.3) is 11.7 Å². The lowest BCUT2D eigenvalue weighted by Gasteiger charge is -2.36. The van der Waals surface area contributed by atoms with E-state index < -0.39 is 23.4 Å². The molecule has 2 atom stereocenters. The van der Waals surface area contributed by atoms with E-state index in [-0.39, 0.29) is 30.6 Å². The lowest BCUT2D eigenvalue weighted by atomic mass is 9.84. The number of nitrogens with zero attached hydrogens (tertiary/aromatic N) is 4. The topological polar surface area (TPSA) is 101 Å². The number of hydrogen-bond donors (Lipinski definition) is 2. The van der Waals surface area contributed by atoms with Crippen molar-refractivity contribution in [2.24, 2.45) is 7.05 Å². The van der Waals surface area contributed by atoms with Crippen molar-refractivity contribution in [1.29, 1.82) is 0 Å². The highest BCUT2D eigenvalue weighted by atomic mass is 35.5. The number of amides is 1. The average molecular weight is 597 g/mol. The van der Waals surface area contributed by atoms with Crippen molar-refractivity contribution < 1.29 is 24.2 Å². The van der Waals surface area contributed by atoms with Crippen molar-refractivity contribution in [2.45, 2.75) is 43.2 Å². The standard InChI is InChI=1S/C30H27Cl2FN4O4/c1-36-13-10-22(35-36)15-26(38)30(33)27-24(28(39)37(30)41-17-29(40)11-12-29)9-8-23(18-2-4-19(31)5-3-18)25(27)14-21-7-6-20(32)16-34-21/h2-10,13,16,26,38,40H,11-12,14-15,17H2,1H3/t26?,30-/m1/s1. The molecule has 11 heteroatoms. The third-order valence-electron chi connectivity index (χ3n) is 7.58. The van der Waals surface area contributed by atoms with Gasteiger partial charge in [-0.2, -0.15) is 10.2 Å². The molecule has 1 aliphatic heterocycles. The number of alkyl halides is 1. The largest absolute Gasteiger partial charge is 0.387 e. The number of aliphatic hydroxyl groups excluding tert-OH is 1. The Morgan fingerprint density at radius 3 is 2.37 bits per heavy atom. The monoisotopic (exact) mass is 596 g/mol. The van der Waals surface area contributed by atoms with Gasteiger partial charge in [-0.05, 0) is 65.9 Å². The molecule has 1 fully saturated rings. The molecule has 6 rings (SSSR count). The first-order valence-electron chi connectivity index (χ1n) is 13.2. The molecule has 1 saturated carbocycles. The molecule has 2 aliphatic rings. The zero-order valence-corrected chi connectivity index (χ0v) is 23.6. The molecule has 212 valence electrons. The van der Waals surface area contributed by atoms with Gasteiger partial charge < -0.3 is 10.2 Å². The second kappa shape index (κ2) is 10.5. The number of carbonyl (C=O) groups is 1. The van der Waals surface area contributed by atoms with Gasteiger partial charge in [0, 0.05) is 48.6 Å². The molecule has 41 heavy (non-hydrogen) atoms. The van der Waals surface area contributed by atoms with E-state index in [4.69, 9.17) is 28.0 Å². The Labute approximate surface area is 245 Å². The Balaban J connectivity index is 1.53. The number of hydroxylamine groups is 2. The summed E-state index contributed by atoms with van der Waals surface area (Å²) >= 11 is 12.2. The molecule has 8 nitrogen and oxygen atoms in total. The average Bonchev–Trinajstić information content (AvgIpc) is 3.47. The fourth-order valence-corrected chi connectivity index (χ4v) is 5.43. The van der Waals surface area contributed by atoms with Crippen LogP contribution in [0.4, 0.5) is 4.39 Å². The third-order valence-corrected chi connectivity index (χ3v) is 8.05. The van der Waals surface area contributed by atoms with Gasteiger partial charge in [0.05, 0.1) is 21.9 Å². The van der Waals surface area contributed by atoms with Gasteiger partial charge in [-0.3, -0.25) is 19.3 Å². The molecule has 1 aliphatic carbocycles. The van der Waals surface area contributed by atoms with Crippen LogP contribution in [-0.4, -0.2) is 54.3 Å². The third kappa shape index (κ3) is 5.24. The first-order valence-corrected chi connectivity index (χ1v) is 13.9. The van der Waals surface area contributed by atoms with E-state index in [2.05, 4.69) is 10.1 Å². The highest BCUT2D eigenvalue weighted by molar-refractivity contribution is 6.30. The van der Waals surface area contributed by atoms with Crippen LogP contribution in [0.1, 0.15) is 45.7 Å². The number of rotatable bonds is 9. The molecule has 2 aromatic heterocycles. The Kier molecular flexibility index (Phi) is 7.12. The van der Waals surface area contributed by atoms with Crippen molar-refractivity contribution in [1.82, 2.24) is 19.8 Å². The molecule has 0 spiro atoms. The quantitative estimate of drug-likeness (QED) is 0.263. The number of aliphatic hydroxyl groups is 2. The molecule has 2 aromatic carbocycles. The van der Waals surface area contributed by atoms with E-state index in [1.54, 1.807) is 66.5 Å². The summed E-state index contributed by atoms with van der Waals surface area (Å²) in [4.78, 5) is 23.9. The summed E-state index contributed by atoms with van der Waals surface area (Å²) in [6.45, 7) is -0.285. The predicted octanol–water partition coefficient (Wildman–Crippen LogP) is 5.02. The van der Waals surface area contributed by atoms with Crippen molar-refractivity contribution in [3.63, 3.8) is 0 Å². The normalized spacial score (nSPS) is 19.9.